The van der Waals surface area contributed by atoms with E-state index < -0.39 is 0 Å². The summed E-state index contributed by atoms with van der Waals surface area (Å²) in [6.07, 6.45) is 41.7. The third-order valence-electron chi connectivity index (χ3n) is 9.12. The van der Waals surface area contributed by atoms with E-state index in [1.54, 1.807) is 0 Å². The molecule has 2 saturated heterocycles. The molecule has 0 unspecified atom stereocenters. The van der Waals surface area contributed by atoms with Crippen LogP contribution in [0.3, 0.4) is 0 Å². The lowest BCUT2D eigenvalue weighted by molar-refractivity contribution is 0.0603. The molecule has 2 nitrogen and oxygen atoms in total. The van der Waals surface area contributed by atoms with Gasteiger partial charge >= 0.3 is 0 Å². The topological polar surface area (TPSA) is 24.1 Å². The second-order valence-corrected chi connectivity index (χ2v) is 12.5. The average molecular weight is 491 g/mol. The second kappa shape index (κ2) is 23.1. The fourth-order valence-electron chi connectivity index (χ4n) is 5.74. The largest absolute Gasteiger partial charge is 0.317 e. The minimum absolute atomic E-state index is 0.833. The van der Waals surface area contributed by atoms with E-state index in [1.165, 1.54) is 206 Å². The summed E-state index contributed by atoms with van der Waals surface area (Å²) in [5.74, 6) is 0. The summed E-state index contributed by atoms with van der Waals surface area (Å²) < 4.78 is 0. The minimum Gasteiger partial charge on any atom is -0.317 e. The summed E-state index contributed by atoms with van der Waals surface area (Å²) in [6.45, 7) is 5.12. The first-order valence-electron chi connectivity index (χ1n) is 16.8. The standard InChI is InChI=1S/C7H14.C6H11N.C6H12.C5H11N.C5H10.C4H8/c1-2-4-6-7-5-3-1;1-2-6(3-1)4-7-5-6;2*1-2-4-6-5-3-1;1-2-4-5-3-1;1-2-4-3-1/h1-7H2;7H,1-5H2;1-6H2;6H,1-5H2;1-5H2;1-4H2. The van der Waals surface area contributed by atoms with Crippen LogP contribution in [0.15, 0.2) is 0 Å². The lowest BCUT2D eigenvalue weighted by Crippen LogP contribution is -2.57. The van der Waals surface area contributed by atoms with E-state index in [1.807, 2.05) is 0 Å². The highest BCUT2D eigenvalue weighted by molar-refractivity contribution is 4.97. The Labute approximate surface area is 222 Å². The van der Waals surface area contributed by atoms with E-state index in [4.69, 9.17) is 0 Å². The molecule has 208 valence electrons. The van der Waals surface area contributed by atoms with Crippen molar-refractivity contribution in [3.63, 3.8) is 0 Å². The number of nitrogens with one attached hydrogen (secondary N) is 2. The molecule has 2 aliphatic heterocycles. The van der Waals surface area contributed by atoms with Gasteiger partial charge in [-0.2, -0.15) is 0 Å². The summed E-state index contributed by atoms with van der Waals surface area (Å²) >= 11 is 0. The molecule has 0 radical (unpaired) electrons. The van der Waals surface area contributed by atoms with E-state index in [2.05, 4.69) is 10.6 Å². The quantitative estimate of drug-likeness (QED) is 0.330. The zero-order valence-electron chi connectivity index (χ0n) is 24.1. The molecule has 7 aliphatic rings. The van der Waals surface area contributed by atoms with Gasteiger partial charge in [0.15, 0.2) is 0 Å². The predicted octanol–water partition coefficient (Wildman–Crippen LogP) is 10.1. The highest BCUT2D eigenvalue weighted by Gasteiger charge is 2.41. The molecular formula is C33H66N2. The SMILES string of the molecule is C1CC2(C1)CNC2.C1CCC1.C1CCCC1.C1CCCCC1.C1CCCCCC1.C1CCNCC1. The van der Waals surface area contributed by atoms with Crippen molar-refractivity contribution in [2.45, 2.75) is 180 Å². The maximum atomic E-state index is 3.30. The lowest BCUT2D eigenvalue weighted by Gasteiger charge is -2.49. The van der Waals surface area contributed by atoms with E-state index in [0.29, 0.717) is 0 Å². The van der Waals surface area contributed by atoms with Crippen molar-refractivity contribution < 1.29 is 0 Å². The van der Waals surface area contributed by atoms with Crippen LogP contribution in [0.2, 0.25) is 0 Å². The minimum atomic E-state index is 0.833. The summed E-state index contributed by atoms with van der Waals surface area (Å²) in [5.41, 5.74) is 0.833. The smallest absolute Gasteiger partial charge is 0.00202 e. The molecule has 5 aliphatic carbocycles. The average Bonchev–Trinajstić information content (AvgIpc) is 3.28. The van der Waals surface area contributed by atoms with Crippen LogP contribution in [0.4, 0.5) is 0 Å². The molecule has 0 aromatic heterocycles. The Morgan fingerprint density at radius 2 is 0.514 bits per heavy atom. The first kappa shape index (κ1) is 31.1. The molecular weight excluding hydrogens is 424 g/mol. The van der Waals surface area contributed by atoms with E-state index in [9.17, 15) is 0 Å². The van der Waals surface area contributed by atoms with Crippen LogP contribution in [0.25, 0.3) is 0 Å². The van der Waals surface area contributed by atoms with Crippen LogP contribution in [-0.4, -0.2) is 26.2 Å². The number of piperidine rings is 1. The van der Waals surface area contributed by atoms with Crippen LogP contribution < -0.4 is 10.6 Å². The molecule has 7 fully saturated rings. The Hall–Kier alpha value is -0.0800. The number of rotatable bonds is 0. The normalized spacial score (nSPS) is 26.1. The third-order valence-corrected chi connectivity index (χ3v) is 9.12. The van der Waals surface area contributed by atoms with Crippen LogP contribution in [0.1, 0.15) is 180 Å². The third kappa shape index (κ3) is 17.9. The van der Waals surface area contributed by atoms with Gasteiger partial charge in [-0.1, -0.05) is 154 Å². The van der Waals surface area contributed by atoms with Gasteiger partial charge in [0.25, 0.3) is 0 Å². The first-order chi connectivity index (χ1) is 17.4. The van der Waals surface area contributed by atoms with E-state index >= 15 is 0 Å². The van der Waals surface area contributed by atoms with Gasteiger partial charge < -0.3 is 10.6 Å². The molecule has 5 saturated carbocycles. The molecule has 2 heterocycles. The maximum Gasteiger partial charge on any atom is 0.00202 e. The Balaban J connectivity index is 0.000000149. The summed E-state index contributed by atoms with van der Waals surface area (Å²) in [4.78, 5) is 0. The van der Waals surface area contributed by atoms with Crippen LogP contribution in [0, 0.1) is 5.41 Å². The highest BCUT2D eigenvalue weighted by Crippen LogP contribution is 2.43. The summed E-state index contributed by atoms with van der Waals surface area (Å²) in [7, 11) is 0. The Kier molecular flexibility index (Phi) is 20.5. The van der Waals surface area contributed by atoms with Crippen LogP contribution in [-0.2, 0) is 0 Å². The maximum absolute atomic E-state index is 3.30. The van der Waals surface area contributed by atoms with Gasteiger partial charge in [0.2, 0.25) is 0 Å². The van der Waals surface area contributed by atoms with Gasteiger partial charge in [-0.15, -0.1) is 0 Å². The molecule has 2 N–H and O–H groups in total. The predicted molar refractivity (Wildman–Crippen MR) is 157 cm³/mol. The van der Waals surface area contributed by atoms with Crippen LogP contribution in [0.5, 0.6) is 0 Å². The van der Waals surface area contributed by atoms with E-state index in [0.717, 1.165) is 5.41 Å². The Morgan fingerprint density at radius 3 is 0.571 bits per heavy atom. The fourth-order valence-corrected chi connectivity index (χ4v) is 5.74. The van der Waals surface area contributed by atoms with Gasteiger partial charge in [-0.25, -0.2) is 0 Å². The monoisotopic (exact) mass is 491 g/mol. The Bertz CT molecular complexity index is 329. The van der Waals surface area contributed by atoms with Crippen LogP contribution >= 0.6 is 0 Å². The molecule has 2 heteroatoms. The van der Waals surface area contributed by atoms with Crippen molar-refractivity contribution in [3.05, 3.63) is 0 Å². The number of hydrogen-bond acceptors (Lipinski definition) is 2. The second-order valence-electron chi connectivity index (χ2n) is 12.5. The van der Waals surface area contributed by atoms with Crippen molar-refractivity contribution in [3.8, 4) is 0 Å². The fraction of sp³-hybridized carbons (Fsp3) is 1.00. The number of hydrogen-bond donors (Lipinski definition) is 2. The first-order valence-corrected chi connectivity index (χ1v) is 16.8. The zero-order chi connectivity index (χ0) is 24.5. The van der Waals surface area contributed by atoms with Crippen molar-refractivity contribution in [2.24, 2.45) is 5.41 Å². The molecule has 0 aromatic carbocycles. The molecule has 0 amide bonds. The molecule has 35 heavy (non-hydrogen) atoms. The molecule has 0 bridgehead atoms. The van der Waals surface area contributed by atoms with Gasteiger partial charge in [-0.05, 0) is 44.2 Å². The summed E-state index contributed by atoms with van der Waals surface area (Å²) in [5, 5.41) is 6.59. The van der Waals surface area contributed by atoms with Gasteiger partial charge in [0.1, 0.15) is 0 Å². The molecule has 0 atom stereocenters. The van der Waals surface area contributed by atoms with Crippen molar-refractivity contribution >= 4 is 0 Å². The van der Waals surface area contributed by atoms with E-state index in [-0.39, 0.29) is 0 Å². The van der Waals surface area contributed by atoms with Gasteiger partial charge in [0, 0.05) is 13.1 Å². The van der Waals surface area contributed by atoms with Gasteiger partial charge in [0.05, 0.1) is 0 Å². The molecule has 7 rings (SSSR count). The van der Waals surface area contributed by atoms with Crippen molar-refractivity contribution in [1.29, 1.82) is 0 Å². The van der Waals surface area contributed by atoms with Crippen molar-refractivity contribution in [2.75, 3.05) is 26.2 Å². The summed E-state index contributed by atoms with van der Waals surface area (Å²) in [6, 6.07) is 0. The lowest BCUT2D eigenvalue weighted by atomic mass is 9.65. The highest BCUT2D eigenvalue weighted by atomic mass is 15.0. The Morgan fingerprint density at radius 1 is 0.257 bits per heavy atom. The zero-order valence-corrected chi connectivity index (χ0v) is 24.1. The molecule has 0 aromatic rings. The van der Waals surface area contributed by atoms with Crippen molar-refractivity contribution in [1.82, 2.24) is 10.6 Å². The molecule has 1 spiro atoms. The van der Waals surface area contributed by atoms with Gasteiger partial charge in [-0.3, -0.25) is 0 Å².